The second-order valence-corrected chi connectivity index (χ2v) is 7.82. The molecule has 0 aromatic carbocycles. The first-order chi connectivity index (χ1) is 7.03. The third-order valence-corrected chi connectivity index (χ3v) is 4.05. The van der Waals surface area contributed by atoms with E-state index in [9.17, 15) is 4.79 Å². The minimum atomic E-state index is 0.120. The fraction of sp³-hybridized carbons (Fsp3) is 0.933. The van der Waals surface area contributed by atoms with Crippen LogP contribution in [0.25, 0.3) is 0 Å². The van der Waals surface area contributed by atoms with Crippen LogP contribution in [0.2, 0.25) is 0 Å². The molecule has 0 amide bonds. The number of carbonyl (C=O) groups is 1. The minimum absolute atomic E-state index is 0.120. The van der Waals surface area contributed by atoms with E-state index in [1.165, 1.54) is 0 Å². The van der Waals surface area contributed by atoms with Crippen LogP contribution in [0.5, 0.6) is 0 Å². The highest BCUT2D eigenvalue weighted by Gasteiger charge is 2.44. The van der Waals surface area contributed by atoms with Gasteiger partial charge in [-0.3, -0.25) is 4.79 Å². The second kappa shape index (κ2) is 4.16. The van der Waals surface area contributed by atoms with E-state index in [0.717, 1.165) is 12.8 Å². The maximum absolute atomic E-state index is 12.6. The van der Waals surface area contributed by atoms with Crippen molar-refractivity contribution in [3.8, 4) is 0 Å². The average Bonchev–Trinajstić information content (AvgIpc) is 2.04. The molecule has 0 aromatic rings. The molecule has 1 nitrogen and oxygen atoms in total. The molecule has 0 saturated heterocycles. The van der Waals surface area contributed by atoms with E-state index in [4.69, 9.17) is 0 Å². The summed E-state index contributed by atoms with van der Waals surface area (Å²) in [5, 5.41) is 0. The van der Waals surface area contributed by atoms with Crippen LogP contribution in [-0.4, -0.2) is 5.78 Å². The average molecular weight is 224 g/mol. The molecular formula is C15H28O. The van der Waals surface area contributed by atoms with Crippen molar-refractivity contribution in [1.82, 2.24) is 0 Å². The van der Waals surface area contributed by atoms with Gasteiger partial charge in [-0.2, -0.15) is 0 Å². The Kier molecular flexibility index (Phi) is 3.57. The number of ketones is 1. The van der Waals surface area contributed by atoms with E-state index < -0.39 is 0 Å². The Morgan fingerprint density at radius 2 is 1.19 bits per heavy atom. The summed E-state index contributed by atoms with van der Waals surface area (Å²) in [6, 6.07) is 0. The number of carbonyl (C=O) groups excluding carboxylic acids is 1. The van der Waals surface area contributed by atoms with Crippen molar-refractivity contribution in [2.24, 2.45) is 28.6 Å². The third kappa shape index (κ3) is 2.87. The zero-order chi connectivity index (χ0) is 12.7. The lowest BCUT2D eigenvalue weighted by Crippen LogP contribution is -2.44. The van der Waals surface area contributed by atoms with Crippen LogP contribution < -0.4 is 0 Å². The molecule has 2 atom stereocenters. The van der Waals surface area contributed by atoms with Crippen molar-refractivity contribution in [3.05, 3.63) is 0 Å². The monoisotopic (exact) mass is 224 g/mol. The first-order valence-electron chi connectivity index (χ1n) is 6.57. The van der Waals surface area contributed by atoms with Crippen LogP contribution in [0.3, 0.4) is 0 Å². The Labute approximate surface area is 101 Å². The Bertz CT molecular complexity index is 238. The summed E-state index contributed by atoms with van der Waals surface area (Å²) in [6.07, 6.45) is 2.16. The van der Waals surface area contributed by atoms with E-state index >= 15 is 0 Å². The van der Waals surface area contributed by atoms with Gasteiger partial charge in [-0.25, -0.2) is 0 Å². The molecule has 94 valence electrons. The summed E-state index contributed by atoms with van der Waals surface area (Å²) in [7, 11) is 0. The van der Waals surface area contributed by atoms with Gasteiger partial charge in [0.05, 0.1) is 0 Å². The highest BCUT2D eigenvalue weighted by molar-refractivity contribution is 5.85. The number of hydrogen-bond acceptors (Lipinski definition) is 1. The number of Topliss-reactive ketones (excluding diaryl/α,β-unsaturated/α-hetero) is 1. The molecule has 16 heavy (non-hydrogen) atoms. The van der Waals surface area contributed by atoms with Gasteiger partial charge in [-0.05, 0) is 29.6 Å². The molecule has 0 bridgehead atoms. The highest BCUT2D eigenvalue weighted by atomic mass is 16.1. The fourth-order valence-corrected chi connectivity index (χ4v) is 2.94. The first-order valence-corrected chi connectivity index (χ1v) is 6.57. The fourth-order valence-electron chi connectivity index (χ4n) is 2.94. The third-order valence-electron chi connectivity index (χ3n) is 4.05. The van der Waals surface area contributed by atoms with Crippen molar-refractivity contribution >= 4 is 5.78 Å². The minimum Gasteiger partial charge on any atom is -0.299 e. The molecule has 1 heteroatoms. The van der Waals surface area contributed by atoms with Crippen molar-refractivity contribution in [1.29, 1.82) is 0 Å². The summed E-state index contributed by atoms with van der Waals surface area (Å²) in [5.41, 5.74) is 0.241. The maximum Gasteiger partial charge on any atom is 0.140 e. The van der Waals surface area contributed by atoms with Gasteiger partial charge >= 0.3 is 0 Å². The van der Waals surface area contributed by atoms with Gasteiger partial charge in [0.15, 0.2) is 0 Å². The molecule has 0 heterocycles. The quantitative estimate of drug-likeness (QED) is 0.599. The maximum atomic E-state index is 12.6. The van der Waals surface area contributed by atoms with Crippen LogP contribution in [0.4, 0.5) is 0 Å². The summed E-state index contributed by atoms with van der Waals surface area (Å²) in [5.74, 6) is 1.70. The van der Waals surface area contributed by atoms with Gasteiger partial charge in [-0.1, -0.05) is 48.5 Å². The van der Waals surface area contributed by atoms with Crippen molar-refractivity contribution in [2.75, 3.05) is 0 Å². The lowest BCUT2D eigenvalue weighted by atomic mass is 9.60. The summed E-state index contributed by atoms with van der Waals surface area (Å²) in [4.78, 5) is 12.6. The smallest absolute Gasteiger partial charge is 0.140 e. The van der Waals surface area contributed by atoms with E-state index in [-0.39, 0.29) is 22.7 Å². The molecule has 1 aliphatic carbocycles. The molecule has 1 fully saturated rings. The molecule has 0 spiro atoms. The predicted octanol–water partition coefficient (Wildman–Crippen LogP) is 4.31. The van der Waals surface area contributed by atoms with E-state index in [0.29, 0.717) is 11.7 Å². The van der Waals surface area contributed by atoms with E-state index in [1.54, 1.807) is 0 Å². The van der Waals surface area contributed by atoms with Crippen LogP contribution in [0.15, 0.2) is 0 Å². The Hall–Kier alpha value is -0.330. The SMILES string of the molecule is CC1CC(C(C)(C)C)C(=O)C(C(C)(C)C)C1. The van der Waals surface area contributed by atoms with E-state index in [2.05, 4.69) is 48.5 Å². The number of rotatable bonds is 0. The molecule has 0 aromatic heterocycles. The molecular weight excluding hydrogens is 196 g/mol. The first kappa shape index (κ1) is 13.7. The van der Waals surface area contributed by atoms with Crippen LogP contribution >= 0.6 is 0 Å². The van der Waals surface area contributed by atoms with Gasteiger partial charge in [0.1, 0.15) is 5.78 Å². The summed E-state index contributed by atoms with van der Waals surface area (Å²) < 4.78 is 0. The van der Waals surface area contributed by atoms with Crippen molar-refractivity contribution in [2.45, 2.75) is 61.3 Å². The van der Waals surface area contributed by atoms with Gasteiger partial charge < -0.3 is 0 Å². The Morgan fingerprint density at radius 1 is 0.875 bits per heavy atom. The highest BCUT2D eigenvalue weighted by Crippen LogP contribution is 2.45. The molecule has 0 aliphatic heterocycles. The number of hydrogen-bond donors (Lipinski definition) is 0. The summed E-state index contributed by atoms with van der Waals surface area (Å²) >= 11 is 0. The molecule has 1 rings (SSSR count). The molecule has 1 saturated carbocycles. The molecule has 0 radical (unpaired) electrons. The van der Waals surface area contributed by atoms with Crippen LogP contribution in [-0.2, 0) is 4.79 Å². The summed E-state index contributed by atoms with van der Waals surface area (Å²) in [6.45, 7) is 15.5. The van der Waals surface area contributed by atoms with Gasteiger partial charge in [0.2, 0.25) is 0 Å². The zero-order valence-electron chi connectivity index (χ0n) is 12.1. The Morgan fingerprint density at radius 3 is 1.44 bits per heavy atom. The van der Waals surface area contributed by atoms with Gasteiger partial charge in [0.25, 0.3) is 0 Å². The molecule has 2 unspecified atom stereocenters. The largest absolute Gasteiger partial charge is 0.299 e. The lowest BCUT2D eigenvalue weighted by molar-refractivity contribution is -0.138. The van der Waals surface area contributed by atoms with Gasteiger partial charge in [0, 0.05) is 11.8 Å². The van der Waals surface area contributed by atoms with Crippen LogP contribution in [0.1, 0.15) is 61.3 Å². The lowest BCUT2D eigenvalue weighted by Gasteiger charge is -2.43. The predicted molar refractivity (Wildman–Crippen MR) is 69.3 cm³/mol. The van der Waals surface area contributed by atoms with Gasteiger partial charge in [-0.15, -0.1) is 0 Å². The Balaban J connectivity index is 2.96. The van der Waals surface area contributed by atoms with Crippen LogP contribution in [0, 0.1) is 28.6 Å². The normalized spacial score (nSPS) is 32.9. The zero-order valence-corrected chi connectivity index (χ0v) is 12.1. The second-order valence-electron chi connectivity index (χ2n) is 7.82. The molecule has 0 N–H and O–H groups in total. The molecule has 1 aliphatic rings. The van der Waals surface area contributed by atoms with Crippen molar-refractivity contribution < 1.29 is 4.79 Å². The van der Waals surface area contributed by atoms with E-state index in [1.807, 2.05) is 0 Å². The standard InChI is InChI=1S/C15H28O/c1-10-8-11(14(2,3)4)13(16)12(9-10)15(5,6)7/h10-12H,8-9H2,1-7H3. The van der Waals surface area contributed by atoms with Crippen molar-refractivity contribution in [3.63, 3.8) is 0 Å². The topological polar surface area (TPSA) is 17.1 Å².